The van der Waals surface area contributed by atoms with Crippen molar-refractivity contribution in [2.75, 3.05) is 31.1 Å². The Bertz CT molecular complexity index is 529. The van der Waals surface area contributed by atoms with Crippen LogP contribution >= 0.6 is 0 Å². The summed E-state index contributed by atoms with van der Waals surface area (Å²) in [6.07, 6.45) is 10.1. The highest BCUT2D eigenvalue weighted by Crippen LogP contribution is 2.24. The van der Waals surface area contributed by atoms with E-state index in [-0.39, 0.29) is 11.9 Å². The first-order valence-electron chi connectivity index (χ1n) is 9.20. The van der Waals surface area contributed by atoms with Crippen LogP contribution in [-0.4, -0.2) is 59.0 Å². The molecule has 6 nitrogen and oxygen atoms in total. The number of rotatable bonds is 4. The zero-order valence-corrected chi connectivity index (χ0v) is 14.8. The second-order valence-electron chi connectivity index (χ2n) is 7.14. The van der Waals surface area contributed by atoms with E-state index >= 15 is 0 Å². The lowest BCUT2D eigenvalue weighted by atomic mass is 9.86. The topological polar surface area (TPSA) is 61.4 Å². The fourth-order valence-corrected chi connectivity index (χ4v) is 3.79. The Morgan fingerprint density at radius 2 is 1.96 bits per heavy atom. The molecule has 3 atom stereocenters. The molecule has 2 fully saturated rings. The van der Waals surface area contributed by atoms with Crippen LogP contribution in [0.3, 0.4) is 0 Å². The highest BCUT2D eigenvalue weighted by Gasteiger charge is 2.29. The summed E-state index contributed by atoms with van der Waals surface area (Å²) in [7, 11) is 0. The summed E-state index contributed by atoms with van der Waals surface area (Å²) in [4.78, 5) is 25.6. The van der Waals surface area contributed by atoms with Gasteiger partial charge in [-0.15, -0.1) is 0 Å². The number of amides is 1. The molecule has 1 aliphatic heterocycles. The lowest BCUT2D eigenvalue weighted by Gasteiger charge is -2.38. The second kappa shape index (κ2) is 7.92. The number of hydrogen-bond donors (Lipinski definition) is 1. The summed E-state index contributed by atoms with van der Waals surface area (Å²) in [5, 5.41) is 3.29. The number of carbonyl (C=O) groups is 1. The van der Waals surface area contributed by atoms with E-state index in [1.54, 1.807) is 18.6 Å². The van der Waals surface area contributed by atoms with E-state index in [9.17, 15) is 4.79 Å². The first-order valence-corrected chi connectivity index (χ1v) is 9.20. The van der Waals surface area contributed by atoms with Crippen molar-refractivity contribution in [2.45, 2.75) is 51.6 Å². The number of nitrogens with zero attached hydrogens (tertiary/aromatic N) is 4. The fraction of sp³-hybridized carbons (Fsp3) is 0.722. The number of aromatic nitrogens is 2. The summed E-state index contributed by atoms with van der Waals surface area (Å²) in [6, 6.07) is 0.290. The maximum absolute atomic E-state index is 12.6. The summed E-state index contributed by atoms with van der Waals surface area (Å²) < 4.78 is 0. The smallest absolute Gasteiger partial charge is 0.237 e. The minimum absolute atomic E-state index is 0.0665. The first-order chi connectivity index (χ1) is 11.6. The molecule has 1 aromatic rings. The summed E-state index contributed by atoms with van der Waals surface area (Å²) in [5.41, 5.74) is 0. The monoisotopic (exact) mass is 331 g/mol. The molecular weight excluding hydrogens is 302 g/mol. The Kier molecular flexibility index (Phi) is 5.66. The zero-order valence-electron chi connectivity index (χ0n) is 14.8. The molecule has 1 aliphatic carbocycles. The van der Waals surface area contributed by atoms with Crippen LogP contribution in [0.15, 0.2) is 18.6 Å². The lowest BCUT2D eigenvalue weighted by molar-refractivity contribution is -0.127. The van der Waals surface area contributed by atoms with Gasteiger partial charge in [0.15, 0.2) is 0 Å². The third-order valence-electron chi connectivity index (χ3n) is 5.55. The minimum Gasteiger partial charge on any atom is -0.353 e. The van der Waals surface area contributed by atoms with Gasteiger partial charge in [-0.05, 0) is 25.7 Å². The van der Waals surface area contributed by atoms with Crippen LogP contribution in [0.1, 0.15) is 39.5 Å². The number of carbonyl (C=O) groups excluding carboxylic acids is 1. The molecule has 132 valence electrons. The van der Waals surface area contributed by atoms with Crippen molar-refractivity contribution in [3.63, 3.8) is 0 Å². The van der Waals surface area contributed by atoms with Gasteiger partial charge in [0, 0.05) is 44.6 Å². The summed E-state index contributed by atoms with van der Waals surface area (Å²) in [5.74, 6) is 1.70. The molecule has 1 N–H and O–H groups in total. The average Bonchev–Trinajstić information content (AvgIpc) is 2.64. The van der Waals surface area contributed by atoms with Gasteiger partial charge >= 0.3 is 0 Å². The van der Waals surface area contributed by atoms with E-state index in [1.165, 1.54) is 19.3 Å². The molecule has 0 bridgehead atoms. The van der Waals surface area contributed by atoms with Gasteiger partial charge in [-0.25, -0.2) is 4.98 Å². The third-order valence-corrected chi connectivity index (χ3v) is 5.55. The predicted molar refractivity (Wildman–Crippen MR) is 94.8 cm³/mol. The summed E-state index contributed by atoms with van der Waals surface area (Å²) in [6.45, 7) is 7.82. The maximum atomic E-state index is 12.6. The molecule has 1 amide bonds. The van der Waals surface area contributed by atoms with Crippen LogP contribution in [-0.2, 0) is 4.79 Å². The van der Waals surface area contributed by atoms with Gasteiger partial charge in [-0.2, -0.15) is 0 Å². The van der Waals surface area contributed by atoms with Gasteiger partial charge in [0.1, 0.15) is 5.82 Å². The fourth-order valence-electron chi connectivity index (χ4n) is 3.79. The molecule has 0 aromatic carbocycles. The van der Waals surface area contributed by atoms with E-state index in [2.05, 4.69) is 32.0 Å². The largest absolute Gasteiger partial charge is 0.353 e. The standard InChI is InChI=1S/C18H29N5O/c1-14-5-3-4-6-16(14)21-18(24)15(2)22-9-11-23(12-10-22)17-13-19-7-8-20-17/h7-8,13-16H,3-6,9-12H2,1-2H3,(H,21,24)/t14-,15-,16+/m1/s1. The van der Waals surface area contributed by atoms with Crippen LogP contribution in [0, 0.1) is 5.92 Å². The Morgan fingerprint density at radius 3 is 2.62 bits per heavy atom. The van der Waals surface area contributed by atoms with Gasteiger partial charge in [0.05, 0.1) is 12.2 Å². The van der Waals surface area contributed by atoms with Crippen LogP contribution in [0.25, 0.3) is 0 Å². The molecule has 24 heavy (non-hydrogen) atoms. The number of nitrogens with one attached hydrogen (secondary N) is 1. The third kappa shape index (κ3) is 4.04. The Balaban J connectivity index is 1.49. The molecule has 1 saturated carbocycles. The quantitative estimate of drug-likeness (QED) is 0.909. The van der Waals surface area contributed by atoms with E-state index in [4.69, 9.17) is 0 Å². The summed E-state index contributed by atoms with van der Waals surface area (Å²) >= 11 is 0. The van der Waals surface area contributed by atoms with Gasteiger partial charge in [0.25, 0.3) is 0 Å². The van der Waals surface area contributed by atoms with Crippen LogP contribution in [0.4, 0.5) is 5.82 Å². The molecule has 2 aliphatic rings. The highest BCUT2D eigenvalue weighted by molar-refractivity contribution is 5.81. The average molecular weight is 331 g/mol. The molecular formula is C18H29N5O. The van der Waals surface area contributed by atoms with Crippen LogP contribution in [0.2, 0.25) is 0 Å². The molecule has 1 saturated heterocycles. The van der Waals surface area contributed by atoms with Gasteiger partial charge in [-0.1, -0.05) is 19.8 Å². The Labute approximate surface area is 144 Å². The second-order valence-corrected chi connectivity index (χ2v) is 7.14. The molecule has 3 rings (SSSR count). The predicted octanol–water partition coefficient (Wildman–Crippen LogP) is 1.68. The van der Waals surface area contributed by atoms with Gasteiger partial charge in [0.2, 0.25) is 5.91 Å². The zero-order chi connectivity index (χ0) is 16.9. The maximum Gasteiger partial charge on any atom is 0.237 e. The van der Waals surface area contributed by atoms with E-state index in [0.717, 1.165) is 38.4 Å². The molecule has 0 unspecified atom stereocenters. The minimum atomic E-state index is -0.0665. The van der Waals surface area contributed by atoms with Crippen molar-refractivity contribution in [3.8, 4) is 0 Å². The molecule has 6 heteroatoms. The van der Waals surface area contributed by atoms with Crippen molar-refractivity contribution in [3.05, 3.63) is 18.6 Å². The number of piperazine rings is 1. The highest BCUT2D eigenvalue weighted by atomic mass is 16.2. The Hall–Kier alpha value is -1.69. The van der Waals surface area contributed by atoms with E-state index in [1.807, 2.05) is 6.92 Å². The SMILES string of the molecule is C[C@@H]1CCCC[C@@H]1NC(=O)[C@@H](C)N1CCN(c2cnccn2)CC1. The number of anilines is 1. The van der Waals surface area contributed by atoms with Crippen molar-refractivity contribution >= 4 is 11.7 Å². The normalized spacial score (nSPS) is 26.8. The first kappa shape index (κ1) is 17.1. The number of hydrogen-bond acceptors (Lipinski definition) is 5. The van der Waals surface area contributed by atoms with E-state index in [0.29, 0.717) is 12.0 Å². The van der Waals surface area contributed by atoms with Gasteiger partial charge in [-0.3, -0.25) is 14.7 Å². The van der Waals surface area contributed by atoms with Crippen molar-refractivity contribution < 1.29 is 4.79 Å². The molecule has 1 aromatic heterocycles. The van der Waals surface area contributed by atoms with Gasteiger partial charge < -0.3 is 10.2 Å². The van der Waals surface area contributed by atoms with Crippen molar-refractivity contribution in [2.24, 2.45) is 5.92 Å². The van der Waals surface area contributed by atoms with E-state index < -0.39 is 0 Å². The van der Waals surface area contributed by atoms with Crippen LogP contribution in [0.5, 0.6) is 0 Å². The molecule has 0 radical (unpaired) electrons. The Morgan fingerprint density at radius 1 is 1.21 bits per heavy atom. The lowest BCUT2D eigenvalue weighted by Crippen LogP contribution is -2.56. The molecule has 0 spiro atoms. The van der Waals surface area contributed by atoms with Crippen LogP contribution < -0.4 is 10.2 Å². The van der Waals surface area contributed by atoms with Crippen molar-refractivity contribution in [1.82, 2.24) is 20.2 Å². The molecule has 2 heterocycles. The van der Waals surface area contributed by atoms with Crippen molar-refractivity contribution in [1.29, 1.82) is 0 Å².